The first-order chi connectivity index (χ1) is 12.5. The van der Waals surface area contributed by atoms with Gasteiger partial charge in [0, 0.05) is 11.1 Å². The summed E-state index contributed by atoms with van der Waals surface area (Å²) in [6.45, 7) is 14.0. The summed E-state index contributed by atoms with van der Waals surface area (Å²) in [5, 5.41) is 2.48. The number of hydrogen-bond donors (Lipinski definition) is 1. The molecule has 5 heteroatoms. The predicted molar refractivity (Wildman–Crippen MR) is 112 cm³/mol. The SMILES string of the molecule is CC(C)(C)N[C-]=O.CC1(C)Cc2ccc(cc2)N1[C-]=O.CC1=[C-]C(C)C=C1.[Ti+3]. The van der Waals surface area contributed by atoms with Crippen LogP contribution in [0.2, 0.25) is 0 Å². The Hall–Kier alpha value is -1.65. The van der Waals surface area contributed by atoms with Crippen LogP contribution < -0.4 is 10.2 Å². The molecule has 1 aromatic rings. The maximum Gasteiger partial charge on any atom is 3.00 e. The molecular formula is C23H31N2O2Ti. The van der Waals surface area contributed by atoms with Gasteiger partial charge in [0.1, 0.15) is 0 Å². The molecule has 4 rings (SSSR count). The molecule has 28 heavy (non-hydrogen) atoms. The topological polar surface area (TPSA) is 49.4 Å². The standard InChI is InChI=1S/C11H12NO.C7H9.C5H10NO.Ti/c1-11(2)7-9-3-5-10(6-4-9)12(11)8-13;1-6-3-4-7(2)5-6;1-5(2,3)6-4-7;/h3-6H,7H2,1-2H3;3-4,6H,1-2H3;1-3H3,(H,6,7);/q3*-1;+3. The summed E-state index contributed by atoms with van der Waals surface area (Å²) in [5.74, 6) is 0.556. The van der Waals surface area contributed by atoms with E-state index in [2.05, 4.69) is 63.4 Å². The summed E-state index contributed by atoms with van der Waals surface area (Å²) in [7, 11) is 0. The number of rotatable bonds is 2. The second-order valence-electron chi connectivity index (χ2n) is 8.53. The molecule has 149 valence electrons. The summed E-state index contributed by atoms with van der Waals surface area (Å²) in [6, 6.07) is 8.06. The van der Waals surface area contributed by atoms with Crippen LogP contribution in [0, 0.1) is 12.0 Å². The van der Waals surface area contributed by atoms with Crippen molar-refractivity contribution in [2.45, 2.75) is 66.0 Å². The molecule has 0 fully saturated rings. The molecule has 3 aliphatic rings. The molecule has 2 aliphatic heterocycles. The normalized spacial score (nSPS) is 18.3. The molecule has 1 radical (unpaired) electrons. The van der Waals surface area contributed by atoms with Crippen molar-refractivity contribution in [3.8, 4) is 0 Å². The molecule has 0 saturated heterocycles. The number of anilines is 1. The van der Waals surface area contributed by atoms with E-state index in [1.54, 1.807) is 11.3 Å². The van der Waals surface area contributed by atoms with E-state index in [0.717, 1.165) is 12.1 Å². The number of hydrogen-bond acceptors (Lipinski definition) is 2. The van der Waals surface area contributed by atoms with Gasteiger partial charge in [-0.15, -0.1) is 17.8 Å². The van der Waals surface area contributed by atoms with Crippen LogP contribution in [0.25, 0.3) is 0 Å². The van der Waals surface area contributed by atoms with Gasteiger partial charge in [0.15, 0.2) is 0 Å². The van der Waals surface area contributed by atoms with Crippen LogP contribution in [0.15, 0.2) is 42.0 Å². The third-order valence-corrected chi connectivity index (χ3v) is 4.04. The number of allylic oxidation sites excluding steroid dienone is 4. The van der Waals surface area contributed by atoms with Crippen LogP contribution in [0.4, 0.5) is 5.69 Å². The molecular weight excluding hydrogens is 384 g/mol. The first-order valence-electron chi connectivity index (χ1n) is 9.18. The quantitative estimate of drug-likeness (QED) is 0.446. The maximum absolute atomic E-state index is 10.8. The van der Waals surface area contributed by atoms with Gasteiger partial charge in [-0.25, -0.2) is 11.6 Å². The van der Waals surface area contributed by atoms with Crippen molar-refractivity contribution >= 4 is 18.5 Å². The number of nitrogens with one attached hydrogen (secondary N) is 1. The fourth-order valence-electron chi connectivity index (χ4n) is 2.76. The predicted octanol–water partition coefficient (Wildman–Crippen LogP) is 4.28. The maximum atomic E-state index is 10.8. The summed E-state index contributed by atoms with van der Waals surface area (Å²) in [5.41, 5.74) is 3.20. The van der Waals surface area contributed by atoms with Crippen molar-refractivity contribution < 1.29 is 31.3 Å². The third kappa shape index (κ3) is 9.03. The fourth-order valence-corrected chi connectivity index (χ4v) is 2.76. The van der Waals surface area contributed by atoms with Crippen LogP contribution in [0.1, 0.15) is 54.0 Å². The summed E-state index contributed by atoms with van der Waals surface area (Å²) in [4.78, 5) is 22.1. The molecule has 2 amide bonds. The molecule has 1 unspecified atom stereocenters. The largest absolute Gasteiger partial charge is 3.00 e. The van der Waals surface area contributed by atoms with Crippen LogP contribution in [-0.4, -0.2) is 23.9 Å². The van der Waals surface area contributed by atoms with E-state index in [-0.39, 0.29) is 32.8 Å². The summed E-state index contributed by atoms with van der Waals surface area (Å²) < 4.78 is 0. The van der Waals surface area contributed by atoms with Gasteiger partial charge in [-0.2, -0.15) is 12.5 Å². The van der Waals surface area contributed by atoms with Crippen molar-refractivity contribution in [1.29, 1.82) is 0 Å². The van der Waals surface area contributed by atoms with E-state index < -0.39 is 0 Å². The van der Waals surface area contributed by atoms with Gasteiger partial charge in [-0.1, -0.05) is 31.9 Å². The number of benzene rings is 1. The molecule has 4 nitrogen and oxygen atoms in total. The molecule has 2 heterocycles. The average molecular weight is 415 g/mol. The van der Waals surface area contributed by atoms with E-state index >= 15 is 0 Å². The van der Waals surface area contributed by atoms with Crippen LogP contribution in [-0.2, 0) is 37.7 Å². The molecule has 1 N–H and O–H groups in total. The summed E-state index contributed by atoms with van der Waals surface area (Å²) >= 11 is 0. The van der Waals surface area contributed by atoms with Crippen LogP contribution in [0.3, 0.4) is 0 Å². The minimum Gasteiger partial charge on any atom is -0.526 e. The second kappa shape index (κ2) is 11.4. The summed E-state index contributed by atoms with van der Waals surface area (Å²) in [6.07, 6.45) is 12.0. The Balaban J connectivity index is 0.000000419. The van der Waals surface area contributed by atoms with E-state index in [1.165, 1.54) is 11.1 Å². The van der Waals surface area contributed by atoms with E-state index in [9.17, 15) is 9.59 Å². The Labute approximate surface area is 185 Å². The number of amides is 2. The Morgan fingerprint density at radius 2 is 1.75 bits per heavy atom. The second-order valence-corrected chi connectivity index (χ2v) is 8.53. The molecule has 0 spiro atoms. The zero-order valence-corrected chi connectivity index (χ0v) is 19.6. The number of carbonyl (C=O) groups excluding carboxylic acids is 2. The molecule has 2 bridgehead atoms. The number of fused-ring (bicyclic) bond motifs is 4. The van der Waals surface area contributed by atoms with E-state index in [0.29, 0.717) is 5.92 Å². The molecule has 0 aromatic heterocycles. The fraction of sp³-hybridized carbons (Fsp3) is 0.478. The van der Waals surface area contributed by atoms with E-state index in [4.69, 9.17) is 0 Å². The van der Waals surface area contributed by atoms with Crippen LogP contribution >= 0.6 is 0 Å². The monoisotopic (exact) mass is 415 g/mol. The Morgan fingerprint density at radius 3 is 2.04 bits per heavy atom. The van der Waals surface area contributed by atoms with E-state index in [1.807, 2.05) is 39.3 Å². The first kappa shape index (κ1) is 26.4. The van der Waals surface area contributed by atoms with Gasteiger partial charge in [0.2, 0.25) is 0 Å². The zero-order valence-electron chi connectivity index (χ0n) is 18.0. The Bertz CT molecular complexity index is 686. The van der Waals surface area contributed by atoms with Gasteiger partial charge in [-0.3, -0.25) is 6.08 Å². The van der Waals surface area contributed by atoms with Gasteiger partial charge in [0.25, 0.3) is 0 Å². The van der Waals surface area contributed by atoms with Gasteiger partial charge >= 0.3 is 21.7 Å². The zero-order chi connectivity index (χ0) is 20.7. The number of nitrogens with zero attached hydrogens (tertiary/aromatic N) is 1. The van der Waals surface area contributed by atoms with Crippen molar-refractivity contribution in [2.75, 3.05) is 4.90 Å². The molecule has 0 saturated carbocycles. The molecule has 1 aromatic carbocycles. The Morgan fingerprint density at radius 1 is 1.18 bits per heavy atom. The van der Waals surface area contributed by atoms with Crippen LogP contribution in [0.5, 0.6) is 0 Å². The minimum atomic E-state index is -0.153. The Kier molecular flexibility index (Phi) is 10.7. The van der Waals surface area contributed by atoms with Gasteiger partial charge < -0.3 is 19.8 Å². The van der Waals surface area contributed by atoms with Gasteiger partial charge in [-0.05, 0) is 46.6 Å². The molecule has 1 aliphatic carbocycles. The van der Waals surface area contributed by atoms with Crippen molar-refractivity contribution in [3.05, 3.63) is 53.6 Å². The van der Waals surface area contributed by atoms with Crippen molar-refractivity contribution in [3.63, 3.8) is 0 Å². The van der Waals surface area contributed by atoms with Crippen molar-refractivity contribution in [2.24, 2.45) is 5.92 Å². The smallest absolute Gasteiger partial charge is 0.526 e. The van der Waals surface area contributed by atoms with Crippen molar-refractivity contribution in [1.82, 2.24) is 5.32 Å². The third-order valence-electron chi connectivity index (χ3n) is 4.04. The average Bonchev–Trinajstić information content (AvgIpc) is 2.81. The van der Waals surface area contributed by atoms with Gasteiger partial charge in [0.05, 0.1) is 6.41 Å². The first-order valence-corrected chi connectivity index (χ1v) is 9.18. The minimum absolute atomic E-state index is 0. The molecule has 1 atom stereocenters.